The van der Waals surface area contributed by atoms with Crippen LogP contribution in [0, 0.1) is 5.92 Å². The molecule has 1 fully saturated rings. The van der Waals surface area contributed by atoms with Gasteiger partial charge in [-0.1, -0.05) is 0 Å². The topological polar surface area (TPSA) is 57.4 Å². The van der Waals surface area contributed by atoms with Crippen molar-refractivity contribution in [2.24, 2.45) is 5.92 Å². The second kappa shape index (κ2) is 4.99. The summed E-state index contributed by atoms with van der Waals surface area (Å²) in [6.45, 7) is 0.267. The number of aromatic nitrogens is 1. The Morgan fingerprint density at radius 3 is 2.88 bits per heavy atom. The molecule has 1 aliphatic rings. The molecular weight excluding hydrogens is 204 g/mol. The number of hydrogen-bond acceptors (Lipinski definition) is 3. The van der Waals surface area contributed by atoms with E-state index < -0.39 is 6.10 Å². The first-order chi connectivity index (χ1) is 7.74. The molecule has 16 heavy (non-hydrogen) atoms. The standard InChI is InChI=1S/C12H20N2O2/c1-13-12(9-2-3-9)10-4-5-14(6-10)7-11(16)8-15/h4-6,9,11-13,15-16H,2-3,7-8H2,1H3. The Bertz CT molecular complexity index is 334. The van der Waals surface area contributed by atoms with Crippen LogP contribution < -0.4 is 5.32 Å². The van der Waals surface area contributed by atoms with Gasteiger partial charge >= 0.3 is 0 Å². The van der Waals surface area contributed by atoms with Crippen LogP contribution in [0.3, 0.4) is 0 Å². The van der Waals surface area contributed by atoms with Crippen LogP contribution in [-0.4, -0.2) is 34.5 Å². The molecule has 3 N–H and O–H groups in total. The Kier molecular flexibility index (Phi) is 3.63. The summed E-state index contributed by atoms with van der Waals surface area (Å²) in [6.07, 6.45) is 5.94. The lowest BCUT2D eigenvalue weighted by molar-refractivity contribution is 0.0813. The molecule has 0 spiro atoms. The first-order valence-electron chi connectivity index (χ1n) is 5.86. The van der Waals surface area contributed by atoms with Gasteiger partial charge in [-0.2, -0.15) is 0 Å². The molecule has 4 nitrogen and oxygen atoms in total. The van der Waals surface area contributed by atoms with Gasteiger partial charge in [0.25, 0.3) is 0 Å². The summed E-state index contributed by atoms with van der Waals surface area (Å²) >= 11 is 0. The lowest BCUT2D eigenvalue weighted by Gasteiger charge is -2.13. The van der Waals surface area contributed by atoms with Crippen molar-refractivity contribution in [3.05, 3.63) is 24.0 Å². The molecule has 2 rings (SSSR count). The summed E-state index contributed by atoms with van der Waals surface area (Å²) in [5, 5.41) is 21.5. The zero-order valence-electron chi connectivity index (χ0n) is 9.63. The average Bonchev–Trinajstić information content (AvgIpc) is 3.01. The van der Waals surface area contributed by atoms with Crippen LogP contribution >= 0.6 is 0 Å². The number of nitrogens with zero attached hydrogens (tertiary/aromatic N) is 1. The van der Waals surface area contributed by atoms with Crippen molar-refractivity contribution in [3.8, 4) is 0 Å². The Labute approximate surface area is 95.9 Å². The third kappa shape index (κ3) is 2.64. The van der Waals surface area contributed by atoms with Crippen molar-refractivity contribution < 1.29 is 10.2 Å². The van der Waals surface area contributed by atoms with E-state index in [0.29, 0.717) is 12.6 Å². The van der Waals surface area contributed by atoms with Gasteiger partial charge in [-0.05, 0) is 37.4 Å². The van der Waals surface area contributed by atoms with Crippen LogP contribution in [0.15, 0.2) is 18.5 Å². The molecule has 0 aliphatic heterocycles. The van der Waals surface area contributed by atoms with Crippen LogP contribution in [0.2, 0.25) is 0 Å². The number of nitrogens with one attached hydrogen (secondary N) is 1. The number of aliphatic hydroxyl groups is 2. The minimum Gasteiger partial charge on any atom is -0.394 e. The van der Waals surface area contributed by atoms with Gasteiger partial charge in [0.05, 0.1) is 19.3 Å². The van der Waals surface area contributed by atoms with Crippen molar-refractivity contribution in [2.45, 2.75) is 31.5 Å². The van der Waals surface area contributed by atoms with E-state index in [-0.39, 0.29) is 6.61 Å². The van der Waals surface area contributed by atoms with E-state index in [1.165, 1.54) is 18.4 Å². The second-order valence-corrected chi connectivity index (χ2v) is 4.58. The Morgan fingerprint density at radius 1 is 1.56 bits per heavy atom. The minimum absolute atomic E-state index is 0.189. The number of rotatable bonds is 6. The van der Waals surface area contributed by atoms with Crippen molar-refractivity contribution in [1.29, 1.82) is 0 Å². The lowest BCUT2D eigenvalue weighted by atomic mass is 10.1. The predicted molar refractivity (Wildman–Crippen MR) is 62.0 cm³/mol. The fourth-order valence-electron chi connectivity index (χ4n) is 2.16. The summed E-state index contributed by atoms with van der Waals surface area (Å²) in [6, 6.07) is 2.52. The van der Waals surface area contributed by atoms with E-state index in [4.69, 9.17) is 5.11 Å². The van der Waals surface area contributed by atoms with Crippen molar-refractivity contribution in [3.63, 3.8) is 0 Å². The van der Waals surface area contributed by atoms with Gasteiger partial charge in [0.1, 0.15) is 0 Å². The molecule has 0 bridgehead atoms. The molecule has 0 radical (unpaired) electrons. The van der Waals surface area contributed by atoms with Gasteiger partial charge < -0.3 is 20.1 Å². The molecule has 0 aromatic carbocycles. The predicted octanol–water partition coefficient (Wildman–Crippen LogP) is 0.512. The second-order valence-electron chi connectivity index (χ2n) is 4.58. The number of aliphatic hydroxyl groups excluding tert-OH is 2. The first-order valence-corrected chi connectivity index (χ1v) is 5.86. The van der Waals surface area contributed by atoms with E-state index >= 15 is 0 Å². The molecule has 4 heteroatoms. The molecule has 1 heterocycles. The van der Waals surface area contributed by atoms with E-state index in [0.717, 1.165) is 5.92 Å². The zero-order valence-corrected chi connectivity index (χ0v) is 9.63. The van der Waals surface area contributed by atoms with Gasteiger partial charge in [-0.3, -0.25) is 0 Å². The van der Waals surface area contributed by atoms with Gasteiger partial charge in [0, 0.05) is 18.4 Å². The highest BCUT2D eigenvalue weighted by molar-refractivity contribution is 5.18. The summed E-state index contributed by atoms with van der Waals surface area (Å²) in [7, 11) is 1.99. The molecule has 1 aromatic rings. The summed E-state index contributed by atoms with van der Waals surface area (Å²) < 4.78 is 1.93. The first kappa shape index (κ1) is 11.6. The maximum atomic E-state index is 9.35. The third-order valence-corrected chi connectivity index (χ3v) is 3.17. The molecule has 1 aromatic heterocycles. The Hall–Kier alpha value is -0.840. The fraction of sp³-hybridized carbons (Fsp3) is 0.667. The Morgan fingerprint density at radius 2 is 2.31 bits per heavy atom. The quantitative estimate of drug-likeness (QED) is 0.660. The molecule has 1 saturated carbocycles. The van der Waals surface area contributed by atoms with Crippen LogP contribution in [0.25, 0.3) is 0 Å². The molecule has 1 aliphatic carbocycles. The third-order valence-electron chi connectivity index (χ3n) is 3.17. The van der Waals surface area contributed by atoms with Crippen LogP contribution in [0.1, 0.15) is 24.4 Å². The SMILES string of the molecule is CNC(c1ccn(CC(O)CO)c1)C1CC1. The van der Waals surface area contributed by atoms with Gasteiger partial charge in [-0.15, -0.1) is 0 Å². The van der Waals surface area contributed by atoms with E-state index in [1.54, 1.807) is 0 Å². The van der Waals surface area contributed by atoms with Crippen molar-refractivity contribution in [2.75, 3.05) is 13.7 Å². The molecule has 0 saturated heterocycles. The highest BCUT2D eigenvalue weighted by atomic mass is 16.3. The highest BCUT2D eigenvalue weighted by Crippen LogP contribution is 2.40. The van der Waals surface area contributed by atoms with Gasteiger partial charge in [0.2, 0.25) is 0 Å². The van der Waals surface area contributed by atoms with Crippen molar-refractivity contribution >= 4 is 0 Å². The highest BCUT2D eigenvalue weighted by Gasteiger charge is 2.31. The fourth-order valence-corrected chi connectivity index (χ4v) is 2.16. The lowest BCUT2D eigenvalue weighted by Crippen LogP contribution is -2.20. The van der Waals surface area contributed by atoms with Crippen LogP contribution in [0.4, 0.5) is 0 Å². The van der Waals surface area contributed by atoms with E-state index in [1.807, 2.05) is 17.8 Å². The average molecular weight is 224 g/mol. The Balaban J connectivity index is 2.00. The van der Waals surface area contributed by atoms with Crippen molar-refractivity contribution in [1.82, 2.24) is 9.88 Å². The summed E-state index contributed by atoms with van der Waals surface area (Å²) in [4.78, 5) is 0. The largest absolute Gasteiger partial charge is 0.394 e. The summed E-state index contributed by atoms with van der Waals surface area (Å²) in [5.74, 6) is 0.767. The zero-order chi connectivity index (χ0) is 11.5. The monoisotopic (exact) mass is 224 g/mol. The maximum Gasteiger partial charge on any atom is 0.0949 e. The van der Waals surface area contributed by atoms with Gasteiger partial charge in [-0.25, -0.2) is 0 Å². The number of hydrogen-bond donors (Lipinski definition) is 3. The normalized spacial score (nSPS) is 19.7. The molecule has 2 atom stereocenters. The molecule has 90 valence electrons. The molecular formula is C12H20N2O2. The van der Waals surface area contributed by atoms with Crippen LogP contribution in [-0.2, 0) is 6.54 Å². The minimum atomic E-state index is -0.672. The van der Waals surface area contributed by atoms with E-state index in [2.05, 4.69) is 17.6 Å². The smallest absolute Gasteiger partial charge is 0.0949 e. The molecule has 2 unspecified atom stereocenters. The maximum absolute atomic E-state index is 9.35. The van der Waals surface area contributed by atoms with Gasteiger partial charge in [0.15, 0.2) is 0 Å². The molecule has 0 amide bonds. The summed E-state index contributed by atoms with van der Waals surface area (Å²) in [5.41, 5.74) is 1.27. The van der Waals surface area contributed by atoms with Crippen LogP contribution in [0.5, 0.6) is 0 Å². The van der Waals surface area contributed by atoms with E-state index in [9.17, 15) is 5.11 Å².